The Labute approximate surface area is 95.7 Å². The number of hydrogen-bond donors (Lipinski definition) is 0. The monoisotopic (exact) mass is 210 g/mol. The number of ether oxygens (including phenoxy) is 1. The molecule has 0 bridgehead atoms. The van der Waals surface area contributed by atoms with Crippen LogP contribution < -0.4 is 4.74 Å². The lowest BCUT2D eigenvalue weighted by atomic mass is 9.99. The molecule has 0 saturated heterocycles. The summed E-state index contributed by atoms with van der Waals surface area (Å²) < 4.78 is 5.62. The minimum Gasteiger partial charge on any atom is -0.493 e. The number of rotatable bonds is 1. The van der Waals surface area contributed by atoms with Crippen LogP contribution in [0, 0.1) is 6.92 Å². The van der Waals surface area contributed by atoms with Crippen LogP contribution in [0.3, 0.4) is 0 Å². The van der Waals surface area contributed by atoms with E-state index in [0.717, 1.165) is 18.8 Å². The van der Waals surface area contributed by atoms with E-state index in [9.17, 15) is 0 Å². The summed E-state index contributed by atoms with van der Waals surface area (Å²) >= 11 is 0. The Kier molecular flexibility index (Phi) is 2.17. The maximum absolute atomic E-state index is 5.62. The van der Waals surface area contributed by atoms with Gasteiger partial charge in [-0.1, -0.05) is 30.3 Å². The molecule has 0 atom stereocenters. The zero-order valence-corrected chi connectivity index (χ0v) is 9.36. The van der Waals surface area contributed by atoms with Gasteiger partial charge in [-0.2, -0.15) is 0 Å². The van der Waals surface area contributed by atoms with E-state index in [4.69, 9.17) is 4.74 Å². The van der Waals surface area contributed by atoms with E-state index in [1.165, 1.54) is 22.3 Å². The molecule has 0 saturated carbocycles. The highest BCUT2D eigenvalue weighted by Gasteiger charge is 2.15. The van der Waals surface area contributed by atoms with Gasteiger partial charge in [-0.15, -0.1) is 0 Å². The highest BCUT2D eigenvalue weighted by molar-refractivity contribution is 5.67. The molecule has 1 heterocycles. The van der Waals surface area contributed by atoms with Crippen molar-refractivity contribution in [2.45, 2.75) is 13.3 Å². The van der Waals surface area contributed by atoms with Crippen molar-refractivity contribution >= 4 is 0 Å². The first-order valence-electron chi connectivity index (χ1n) is 5.66. The molecule has 2 aromatic carbocycles. The minimum atomic E-state index is 0.828. The minimum absolute atomic E-state index is 0.828. The Morgan fingerprint density at radius 2 is 1.81 bits per heavy atom. The number of aryl methyl sites for hydroxylation is 1. The fraction of sp³-hybridized carbons (Fsp3) is 0.200. The fourth-order valence-corrected chi connectivity index (χ4v) is 2.30. The number of benzene rings is 2. The van der Waals surface area contributed by atoms with Crippen LogP contribution in [0.4, 0.5) is 0 Å². The Balaban J connectivity index is 2.13. The molecule has 1 aliphatic rings. The Morgan fingerprint density at radius 1 is 1.00 bits per heavy atom. The predicted octanol–water partition coefficient (Wildman–Crippen LogP) is 3.60. The number of hydrogen-bond acceptors (Lipinski definition) is 1. The topological polar surface area (TPSA) is 9.23 Å². The third kappa shape index (κ3) is 1.49. The van der Waals surface area contributed by atoms with Gasteiger partial charge < -0.3 is 4.74 Å². The molecule has 1 aliphatic heterocycles. The van der Waals surface area contributed by atoms with E-state index in [0.29, 0.717) is 0 Å². The van der Waals surface area contributed by atoms with Crippen molar-refractivity contribution in [3.8, 4) is 16.9 Å². The number of fused-ring (bicyclic) bond motifs is 1. The summed E-state index contributed by atoms with van der Waals surface area (Å²) in [7, 11) is 0. The molecule has 1 heteroatoms. The summed E-state index contributed by atoms with van der Waals surface area (Å²) in [6, 6.07) is 15.0. The fourth-order valence-electron chi connectivity index (χ4n) is 2.30. The summed E-state index contributed by atoms with van der Waals surface area (Å²) in [6.07, 6.45) is 1.04. The van der Waals surface area contributed by atoms with Crippen LogP contribution >= 0.6 is 0 Å². The van der Waals surface area contributed by atoms with Crippen LogP contribution in [0.1, 0.15) is 11.1 Å². The Morgan fingerprint density at radius 3 is 2.62 bits per heavy atom. The van der Waals surface area contributed by atoms with Crippen LogP contribution in [-0.2, 0) is 6.42 Å². The zero-order valence-electron chi connectivity index (χ0n) is 9.36. The van der Waals surface area contributed by atoms with E-state index in [1.54, 1.807) is 0 Å². The highest BCUT2D eigenvalue weighted by Crippen LogP contribution is 2.33. The summed E-state index contributed by atoms with van der Waals surface area (Å²) in [5.74, 6) is 1.10. The highest BCUT2D eigenvalue weighted by atomic mass is 16.5. The second-order valence-corrected chi connectivity index (χ2v) is 4.25. The Hall–Kier alpha value is -1.76. The van der Waals surface area contributed by atoms with Crippen LogP contribution in [-0.4, -0.2) is 6.61 Å². The zero-order chi connectivity index (χ0) is 11.0. The molecule has 3 rings (SSSR count). The second kappa shape index (κ2) is 3.67. The third-order valence-corrected chi connectivity index (χ3v) is 3.08. The van der Waals surface area contributed by atoms with Gasteiger partial charge in [0.15, 0.2) is 0 Å². The van der Waals surface area contributed by atoms with Crippen LogP contribution in [0.2, 0.25) is 0 Å². The van der Waals surface area contributed by atoms with Gasteiger partial charge in [0.1, 0.15) is 5.75 Å². The van der Waals surface area contributed by atoms with Crippen molar-refractivity contribution in [2.24, 2.45) is 0 Å². The molecule has 2 aromatic rings. The lowest BCUT2D eigenvalue weighted by Crippen LogP contribution is -1.88. The quantitative estimate of drug-likeness (QED) is 0.698. The summed E-state index contributed by atoms with van der Waals surface area (Å²) in [5.41, 5.74) is 5.16. The molecule has 80 valence electrons. The van der Waals surface area contributed by atoms with Gasteiger partial charge in [0, 0.05) is 6.42 Å². The van der Waals surface area contributed by atoms with Gasteiger partial charge in [-0.3, -0.25) is 0 Å². The molecule has 0 unspecified atom stereocenters. The first-order chi connectivity index (χ1) is 7.84. The molecule has 0 aromatic heterocycles. The standard InChI is InChI=1S/C15H14O/c1-11-9-14(12-5-3-2-4-6-12)10-13-7-8-16-15(11)13/h2-6,9-10H,7-8H2,1H3. The summed E-state index contributed by atoms with van der Waals surface area (Å²) in [5, 5.41) is 0. The average Bonchev–Trinajstić information content (AvgIpc) is 2.79. The van der Waals surface area contributed by atoms with Gasteiger partial charge >= 0.3 is 0 Å². The van der Waals surface area contributed by atoms with Crippen LogP contribution in [0.15, 0.2) is 42.5 Å². The maximum atomic E-state index is 5.62. The first-order valence-corrected chi connectivity index (χ1v) is 5.66. The van der Waals surface area contributed by atoms with E-state index >= 15 is 0 Å². The first kappa shape index (κ1) is 9.46. The van der Waals surface area contributed by atoms with Crippen molar-refractivity contribution in [3.05, 3.63) is 53.6 Å². The lowest BCUT2D eigenvalue weighted by molar-refractivity contribution is 0.354. The van der Waals surface area contributed by atoms with E-state index < -0.39 is 0 Å². The smallest absolute Gasteiger partial charge is 0.125 e. The SMILES string of the molecule is Cc1cc(-c2ccccc2)cc2c1OCC2. The Bertz CT molecular complexity index is 514. The van der Waals surface area contributed by atoms with E-state index in [-0.39, 0.29) is 0 Å². The predicted molar refractivity (Wildman–Crippen MR) is 65.8 cm³/mol. The van der Waals surface area contributed by atoms with Crippen molar-refractivity contribution < 1.29 is 4.74 Å². The van der Waals surface area contributed by atoms with Crippen LogP contribution in [0.25, 0.3) is 11.1 Å². The molecule has 0 N–H and O–H groups in total. The average molecular weight is 210 g/mol. The van der Waals surface area contributed by atoms with E-state index in [2.05, 4.69) is 43.3 Å². The molecule has 16 heavy (non-hydrogen) atoms. The van der Waals surface area contributed by atoms with Crippen molar-refractivity contribution in [1.29, 1.82) is 0 Å². The molecule has 0 spiro atoms. The largest absolute Gasteiger partial charge is 0.493 e. The lowest BCUT2D eigenvalue weighted by Gasteiger charge is -2.08. The van der Waals surface area contributed by atoms with Crippen molar-refractivity contribution in [2.75, 3.05) is 6.61 Å². The molecule has 0 aliphatic carbocycles. The third-order valence-electron chi connectivity index (χ3n) is 3.08. The molecular formula is C15H14O. The second-order valence-electron chi connectivity index (χ2n) is 4.25. The molecule has 0 radical (unpaired) electrons. The van der Waals surface area contributed by atoms with Crippen molar-refractivity contribution in [3.63, 3.8) is 0 Å². The van der Waals surface area contributed by atoms with Crippen molar-refractivity contribution in [1.82, 2.24) is 0 Å². The summed E-state index contributed by atoms with van der Waals surface area (Å²) in [4.78, 5) is 0. The van der Waals surface area contributed by atoms with E-state index in [1.807, 2.05) is 6.07 Å². The molecule has 0 fully saturated rings. The van der Waals surface area contributed by atoms with Gasteiger partial charge in [0.25, 0.3) is 0 Å². The normalized spacial score (nSPS) is 13.3. The molecule has 1 nitrogen and oxygen atoms in total. The molecular weight excluding hydrogens is 196 g/mol. The van der Waals surface area contributed by atoms with Gasteiger partial charge in [-0.25, -0.2) is 0 Å². The maximum Gasteiger partial charge on any atom is 0.125 e. The van der Waals surface area contributed by atoms with Gasteiger partial charge in [-0.05, 0) is 41.3 Å². The van der Waals surface area contributed by atoms with Gasteiger partial charge in [0.05, 0.1) is 6.61 Å². The molecule has 0 amide bonds. The van der Waals surface area contributed by atoms with Gasteiger partial charge in [0.2, 0.25) is 0 Å². The summed E-state index contributed by atoms with van der Waals surface area (Å²) in [6.45, 7) is 2.95. The van der Waals surface area contributed by atoms with Crippen LogP contribution in [0.5, 0.6) is 5.75 Å².